The predicted molar refractivity (Wildman–Crippen MR) is 112 cm³/mol. The van der Waals surface area contributed by atoms with E-state index in [1.54, 1.807) is 7.05 Å². The number of rotatable bonds is 7. The van der Waals surface area contributed by atoms with E-state index in [0.29, 0.717) is 13.0 Å². The Hall–Kier alpha value is -1.96. The summed E-state index contributed by atoms with van der Waals surface area (Å²) in [5.41, 5.74) is 1.05. The molecule has 1 aromatic rings. The van der Waals surface area contributed by atoms with Crippen molar-refractivity contribution < 1.29 is 14.7 Å². The highest BCUT2D eigenvalue weighted by Crippen LogP contribution is 2.33. The second kappa shape index (κ2) is 10.2. The monoisotopic (exact) mass is 402 g/mol. The Morgan fingerprint density at radius 1 is 1.17 bits per heavy atom. The van der Waals surface area contributed by atoms with Gasteiger partial charge in [-0.2, -0.15) is 0 Å². The minimum Gasteiger partial charge on any atom is -0.376 e. The van der Waals surface area contributed by atoms with Crippen molar-refractivity contribution >= 4 is 11.8 Å². The highest BCUT2D eigenvalue weighted by Gasteiger charge is 2.45. The number of nitrogens with one attached hydrogen (secondary N) is 3. The molecule has 7 nitrogen and oxygen atoms in total. The molecular weight excluding hydrogens is 368 g/mol. The smallest absolute Gasteiger partial charge is 0.237 e. The lowest BCUT2D eigenvalue weighted by Crippen LogP contribution is -2.58. The van der Waals surface area contributed by atoms with E-state index in [1.807, 2.05) is 42.2 Å². The van der Waals surface area contributed by atoms with Crippen LogP contribution >= 0.6 is 0 Å². The molecule has 4 N–H and O–H groups in total. The average molecular weight is 403 g/mol. The lowest BCUT2D eigenvalue weighted by Gasteiger charge is -2.36. The Morgan fingerprint density at radius 3 is 2.62 bits per heavy atom. The van der Waals surface area contributed by atoms with Crippen LogP contribution in [0.4, 0.5) is 0 Å². The Balaban J connectivity index is 1.65. The molecule has 0 unspecified atom stereocenters. The molecule has 2 saturated heterocycles. The first kappa shape index (κ1) is 21.7. The third kappa shape index (κ3) is 5.15. The van der Waals surface area contributed by atoms with Crippen molar-refractivity contribution in [3.8, 4) is 0 Å². The first-order valence-electron chi connectivity index (χ1n) is 10.8. The number of nitrogens with zero attached hydrogens (tertiary/aromatic N) is 1. The van der Waals surface area contributed by atoms with E-state index in [2.05, 4.69) is 16.0 Å². The molecule has 2 aliphatic rings. The molecule has 0 bridgehead atoms. The van der Waals surface area contributed by atoms with Crippen LogP contribution in [0.15, 0.2) is 30.3 Å². The van der Waals surface area contributed by atoms with Gasteiger partial charge in [0, 0.05) is 12.6 Å². The number of likely N-dealkylation sites (N-methyl/N-ethyl adjacent to an activating group) is 1. The fourth-order valence-corrected chi connectivity index (χ4v) is 4.65. The molecule has 1 aromatic carbocycles. The fourth-order valence-electron chi connectivity index (χ4n) is 4.65. The predicted octanol–water partition coefficient (Wildman–Crippen LogP) is 1.12. The summed E-state index contributed by atoms with van der Waals surface area (Å²) in [5, 5.41) is 20.1. The van der Waals surface area contributed by atoms with Gasteiger partial charge in [0.15, 0.2) is 0 Å². The molecule has 2 amide bonds. The van der Waals surface area contributed by atoms with E-state index in [4.69, 9.17) is 0 Å². The normalized spacial score (nSPS) is 28.2. The number of aliphatic hydroxyl groups excluding tert-OH is 1. The highest BCUT2D eigenvalue weighted by molar-refractivity contribution is 5.83. The SMILES string of the molecule is CC[C@H](NC)C(=O)N[C@H]1CCC[C@H]2CC[C@@H](C(=O)NCc3ccccc3)N2[C@H]1O. The number of aliphatic hydroxyl groups is 1. The largest absolute Gasteiger partial charge is 0.376 e. The quantitative estimate of drug-likeness (QED) is 0.548. The number of amides is 2. The molecule has 2 heterocycles. The van der Waals surface area contributed by atoms with Gasteiger partial charge in [-0.1, -0.05) is 37.3 Å². The number of carbonyl (C=O) groups excluding carboxylic acids is 2. The van der Waals surface area contributed by atoms with Crippen LogP contribution < -0.4 is 16.0 Å². The van der Waals surface area contributed by atoms with Crippen molar-refractivity contribution in [2.75, 3.05) is 7.05 Å². The fraction of sp³-hybridized carbons (Fsp3) is 0.636. The number of benzene rings is 1. The molecule has 0 aromatic heterocycles. The summed E-state index contributed by atoms with van der Waals surface area (Å²) in [7, 11) is 1.76. The summed E-state index contributed by atoms with van der Waals surface area (Å²) in [6.07, 6.45) is 4.05. The standard InChI is InChI=1S/C22H34N4O3/c1-3-17(23-2)20(27)25-18-11-7-10-16-12-13-19(26(16)22(18)29)21(28)24-14-15-8-5-4-6-9-15/h4-6,8-9,16-19,22-23,29H,3,7,10-14H2,1-2H3,(H,24,28)(H,25,27)/t16-,17-,18-,19-,22-/m0/s1. The minimum atomic E-state index is -0.851. The summed E-state index contributed by atoms with van der Waals surface area (Å²) in [5.74, 6) is -0.147. The molecule has 2 fully saturated rings. The summed E-state index contributed by atoms with van der Waals surface area (Å²) in [6.45, 7) is 2.43. The summed E-state index contributed by atoms with van der Waals surface area (Å²) in [6, 6.07) is 9.01. The van der Waals surface area contributed by atoms with Crippen LogP contribution in [0.5, 0.6) is 0 Å². The van der Waals surface area contributed by atoms with E-state index < -0.39 is 6.23 Å². The molecule has 3 rings (SSSR count). The maximum Gasteiger partial charge on any atom is 0.237 e. The maximum absolute atomic E-state index is 12.9. The Morgan fingerprint density at radius 2 is 1.93 bits per heavy atom. The molecule has 0 radical (unpaired) electrons. The van der Waals surface area contributed by atoms with Crippen molar-refractivity contribution in [2.45, 2.75) is 82.4 Å². The second-order valence-corrected chi connectivity index (χ2v) is 8.11. The van der Waals surface area contributed by atoms with Crippen molar-refractivity contribution in [3.63, 3.8) is 0 Å². The van der Waals surface area contributed by atoms with Gasteiger partial charge in [0.1, 0.15) is 6.23 Å². The van der Waals surface area contributed by atoms with Crippen LogP contribution in [0.3, 0.4) is 0 Å². The molecular formula is C22H34N4O3. The van der Waals surface area contributed by atoms with E-state index in [0.717, 1.165) is 37.7 Å². The van der Waals surface area contributed by atoms with Crippen LogP contribution in [0.2, 0.25) is 0 Å². The lowest BCUT2D eigenvalue weighted by molar-refractivity contribution is -0.134. The van der Waals surface area contributed by atoms with Gasteiger partial charge in [-0.3, -0.25) is 14.5 Å². The second-order valence-electron chi connectivity index (χ2n) is 8.11. The van der Waals surface area contributed by atoms with Crippen LogP contribution in [0, 0.1) is 0 Å². The minimum absolute atomic E-state index is 0.0518. The van der Waals surface area contributed by atoms with Gasteiger partial charge in [0.2, 0.25) is 11.8 Å². The van der Waals surface area contributed by atoms with Crippen molar-refractivity contribution in [2.24, 2.45) is 0 Å². The Kier molecular flexibility index (Phi) is 7.64. The van der Waals surface area contributed by atoms with E-state index >= 15 is 0 Å². The molecule has 0 saturated carbocycles. The molecule has 0 spiro atoms. The van der Waals surface area contributed by atoms with Crippen molar-refractivity contribution in [1.82, 2.24) is 20.9 Å². The van der Waals surface area contributed by atoms with Gasteiger partial charge in [-0.25, -0.2) is 0 Å². The van der Waals surface area contributed by atoms with E-state index in [-0.39, 0.29) is 36.0 Å². The van der Waals surface area contributed by atoms with Gasteiger partial charge in [-0.05, 0) is 51.1 Å². The van der Waals surface area contributed by atoms with E-state index in [1.165, 1.54) is 0 Å². The summed E-state index contributed by atoms with van der Waals surface area (Å²) >= 11 is 0. The van der Waals surface area contributed by atoms with Gasteiger partial charge in [-0.15, -0.1) is 0 Å². The van der Waals surface area contributed by atoms with Crippen molar-refractivity contribution in [3.05, 3.63) is 35.9 Å². The molecule has 29 heavy (non-hydrogen) atoms. The number of fused-ring (bicyclic) bond motifs is 1. The summed E-state index contributed by atoms with van der Waals surface area (Å²) in [4.78, 5) is 27.4. The Labute approximate surface area is 173 Å². The van der Waals surface area contributed by atoms with Gasteiger partial charge < -0.3 is 21.1 Å². The van der Waals surface area contributed by atoms with Gasteiger partial charge in [0.05, 0.1) is 18.1 Å². The van der Waals surface area contributed by atoms with Crippen LogP contribution in [0.25, 0.3) is 0 Å². The maximum atomic E-state index is 12.9. The molecule has 5 atom stereocenters. The first-order valence-corrected chi connectivity index (χ1v) is 10.8. The number of carbonyl (C=O) groups is 2. The van der Waals surface area contributed by atoms with E-state index in [9.17, 15) is 14.7 Å². The van der Waals surface area contributed by atoms with Crippen LogP contribution in [0.1, 0.15) is 51.0 Å². The number of hydrogen-bond acceptors (Lipinski definition) is 5. The zero-order chi connectivity index (χ0) is 20.8. The first-order chi connectivity index (χ1) is 14.0. The van der Waals surface area contributed by atoms with Crippen molar-refractivity contribution in [1.29, 1.82) is 0 Å². The Bertz CT molecular complexity index is 680. The number of hydrogen-bond donors (Lipinski definition) is 4. The van der Waals surface area contributed by atoms with Gasteiger partial charge in [0.25, 0.3) is 0 Å². The molecule has 2 aliphatic heterocycles. The molecule has 0 aliphatic carbocycles. The van der Waals surface area contributed by atoms with Crippen LogP contribution in [-0.2, 0) is 16.1 Å². The average Bonchev–Trinajstić information content (AvgIpc) is 3.10. The third-order valence-electron chi connectivity index (χ3n) is 6.29. The zero-order valence-corrected chi connectivity index (χ0v) is 17.4. The third-order valence-corrected chi connectivity index (χ3v) is 6.29. The lowest BCUT2D eigenvalue weighted by atomic mass is 10.0. The topological polar surface area (TPSA) is 93.7 Å². The zero-order valence-electron chi connectivity index (χ0n) is 17.4. The molecule has 160 valence electrons. The van der Waals surface area contributed by atoms with Crippen LogP contribution in [-0.4, -0.2) is 59.3 Å². The highest BCUT2D eigenvalue weighted by atomic mass is 16.3. The summed E-state index contributed by atoms with van der Waals surface area (Å²) < 4.78 is 0. The van der Waals surface area contributed by atoms with Gasteiger partial charge >= 0.3 is 0 Å². The molecule has 7 heteroatoms.